The third kappa shape index (κ3) is 5.38. The highest BCUT2D eigenvalue weighted by atomic mass is 35.5. The number of aliphatic imine (C=N–C) groups is 1. The fraction of sp³-hybridized carbons (Fsp3) is 0.0435. The highest BCUT2D eigenvalue weighted by molar-refractivity contribution is 7.12. The summed E-state index contributed by atoms with van der Waals surface area (Å²) in [6.45, 7) is 0.543. The molecule has 1 amide bonds. The van der Waals surface area contributed by atoms with Crippen LogP contribution in [0.5, 0.6) is 0 Å². The molecule has 0 aliphatic rings. The average molecular weight is 476 g/mol. The van der Waals surface area contributed by atoms with Crippen molar-refractivity contribution >= 4 is 62.8 Å². The van der Waals surface area contributed by atoms with Crippen molar-refractivity contribution in [3.63, 3.8) is 0 Å². The first-order valence-corrected chi connectivity index (χ1v) is 11.0. The lowest BCUT2D eigenvalue weighted by molar-refractivity contribution is 0.103. The Hall–Kier alpha value is -4.13. The number of carbonyl (C=O) groups excluding carboxylic acids is 1. The SMILES string of the molecule is N#CNC(N)=Nc1cc(Cl)cc(NC(=O)c2sccc2NCc2ccnc3ccccc23)c1. The molecule has 4 rings (SSSR count). The van der Waals surface area contributed by atoms with Crippen molar-refractivity contribution in [3.8, 4) is 6.19 Å². The maximum Gasteiger partial charge on any atom is 0.267 e. The van der Waals surface area contributed by atoms with Crippen molar-refractivity contribution in [1.29, 1.82) is 5.26 Å². The van der Waals surface area contributed by atoms with E-state index < -0.39 is 0 Å². The molecule has 164 valence electrons. The molecule has 0 saturated carbocycles. The number of aromatic nitrogens is 1. The lowest BCUT2D eigenvalue weighted by Gasteiger charge is -2.11. The second-order valence-corrected chi connectivity index (χ2v) is 8.24. The summed E-state index contributed by atoms with van der Waals surface area (Å²) in [7, 11) is 0. The van der Waals surface area contributed by atoms with Crippen LogP contribution in [-0.2, 0) is 6.54 Å². The van der Waals surface area contributed by atoms with Gasteiger partial charge >= 0.3 is 0 Å². The highest BCUT2D eigenvalue weighted by Crippen LogP contribution is 2.28. The number of nitrogens with zero attached hydrogens (tertiary/aromatic N) is 3. The molecule has 0 aliphatic carbocycles. The Morgan fingerprint density at radius 1 is 1.21 bits per heavy atom. The fourth-order valence-electron chi connectivity index (χ4n) is 3.25. The van der Waals surface area contributed by atoms with E-state index >= 15 is 0 Å². The first kappa shape index (κ1) is 22.1. The number of guanidine groups is 1. The molecule has 0 atom stereocenters. The molecule has 0 fully saturated rings. The number of halogens is 1. The van der Waals surface area contributed by atoms with Crippen LogP contribution in [0.1, 0.15) is 15.2 Å². The smallest absolute Gasteiger partial charge is 0.267 e. The average Bonchev–Trinajstić information content (AvgIpc) is 3.26. The zero-order valence-electron chi connectivity index (χ0n) is 17.2. The number of pyridine rings is 1. The molecule has 2 aromatic carbocycles. The molecule has 0 spiro atoms. The van der Waals surface area contributed by atoms with E-state index in [1.807, 2.05) is 41.8 Å². The van der Waals surface area contributed by atoms with Crippen LogP contribution >= 0.6 is 22.9 Å². The summed E-state index contributed by atoms with van der Waals surface area (Å²) in [4.78, 5) is 21.9. The number of thiophene rings is 1. The lowest BCUT2D eigenvalue weighted by Crippen LogP contribution is -2.26. The van der Waals surface area contributed by atoms with E-state index in [4.69, 9.17) is 22.6 Å². The number of amides is 1. The summed E-state index contributed by atoms with van der Waals surface area (Å²) in [5.41, 5.74) is 9.18. The van der Waals surface area contributed by atoms with Crippen LogP contribution < -0.4 is 21.7 Å². The molecule has 0 saturated heterocycles. The molecule has 0 radical (unpaired) electrons. The van der Waals surface area contributed by atoms with Gasteiger partial charge in [0.25, 0.3) is 5.91 Å². The van der Waals surface area contributed by atoms with Crippen molar-refractivity contribution in [2.75, 3.05) is 10.6 Å². The molecular formula is C23H18ClN7OS. The topological polar surface area (TPSA) is 128 Å². The summed E-state index contributed by atoms with van der Waals surface area (Å²) in [6, 6.07) is 16.5. The molecule has 8 nitrogen and oxygen atoms in total. The van der Waals surface area contributed by atoms with Gasteiger partial charge in [-0.05, 0) is 47.3 Å². The lowest BCUT2D eigenvalue weighted by atomic mass is 10.1. The zero-order chi connectivity index (χ0) is 23.2. The van der Waals surface area contributed by atoms with Crippen LogP contribution in [0, 0.1) is 11.5 Å². The van der Waals surface area contributed by atoms with Crippen LogP contribution in [0.3, 0.4) is 0 Å². The summed E-state index contributed by atoms with van der Waals surface area (Å²) in [5.74, 6) is -0.363. The second-order valence-electron chi connectivity index (χ2n) is 6.89. The highest BCUT2D eigenvalue weighted by Gasteiger charge is 2.15. The molecule has 10 heteroatoms. The molecule has 0 unspecified atom stereocenters. The number of nitrogens with one attached hydrogen (secondary N) is 3. The maximum absolute atomic E-state index is 13.0. The van der Waals surface area contributed by atoms with Crippen LogP contribution in [-0.4, -0.2) is 16.9 Å². The van der Waals surface area contributed by atoms with Crippen molar-refractivity contribution in [2.24, 2.45) is 10.7 Å². The summed E-state index contributed by atoms with van der Waals surface area (Å²) < 4.78 is 0. The van der Waals surface area contributed by atoms with Gasteiger partial charge in [0.05, 0.1) is 16.9 Å². The molecular weight excluding hydrogens is 458 g/mol. The van der Waals surface area contributed by atoms with Gasteiger partial charge in [-0.3, -0.25) is 15.1 Å². The van der Waals surface area contributed by atoms with E-state index in [1.165, 1.54) is 11.3 Å². The van der Waals surface area contributed by atoms with Gasteiger partial charge in [-0.2, -0.15) is 5.26 Å². The largest absolute Gasteiger partial charge is 0.380 e. The van der Waals surface area contributed by atoms with Crippen molar-refractivity contribution in [3.05, 3.63) is 81.6 Å². The molecule has 0 bridgehead atoms. The van der Waals surface area contributed by atoms with E-state index in [9.17, 15) is 4.79 Å². The van der Waals surface area contributed by atoms with E-state index in [-0.39, 0.29) is 11.9 Å². The Morgan fingerprint density at radius 3 is 2.91 bits per heavy atom. The molecule has 2 heterocycles. The Kier molecular flexibility index (Phi) is 6.69. The first-order valence-electron chi connectivity index (χ1n) is 9.78. The number of benzene rings is 2. The number of hydrogen-bond acceptors (Lipinski definition) is 6. The van der Waals surface area contributed by atoms with Crippen molar-refractivity contribution in [2.45, 2.75) is 6.54 Å². The molecule has 33 heavy (non-hydrogen) atoms. The predicted molar refractivity (Wildman–Crippen MR) is 133 cm³/mol. The number of hydrogen-bond donors (Lipinski definition) is 4. The van der Waals surface area contributed by atoms with E-state index in [0.29, 0.717) is 27.8 Å². The van der Waals surface area contributed by atoms with Gasteiger partial charge in [-0.25, -0.2) is 4.99 Å². The number of carbonyl (C=O) groups is 1. The van der Waals surface area contributed by atoms with Gasteiger partial charge in [-0.15, -0.1) is 11.3 Å². The minimum Gasteiger partial charge on any atom is -0.380 e. The van der Waals surface area contributed by atoms with Gasteiger partial charge in [0.15, 0.2) is 6.19 Å². The van der Waals surface area contributed by atoms with Gasteiger partial charge in [0, 0.05) is 28.8 Å². The van der Waals surface area contributed by atoms with E-state index in [2.05, 4.69) is 25.9 Å². The molecule has 5 N–H and O–H groups in total. The van der Waals surface area contributed by atoms with E-state index in [0.717, 1.165) is 22.2 Å². The summed E-state index contributed by atoms with van der Waals surface area (Å²) in [5, 5.41) is 20.3. The van der Waals surface area contributed by atoms with Crippen molar-refractivity contribution < 1.29 is 4.79 Å². The Labute approximate surface area is 198 Å². The molecule has 0 aliphatic heterocycles. The van der Waals surface area contributed by atoms with E-state index in [1.54, 1.807) is 30.6 Å². The number of fused-ring (bicyclic) bond motifs is 1. The van der Waals surface area contributed by atoms with Crippen LogP contribution in [0.2, 0.25) is 5.02 Å². The minimum absolute atomic E-state index is 0.0783. The van der Waals surface area contributed by atoms with Crippen LogP contribution in [0.15, 0.2) is 71.2 Å². The third-order valence-corrected chi connectivity index (χ3v) is 5.79. The Morgan fingerprint density at radius 2 is 2.06 bits per heavy atom. The van der Waals surface area contributed by atoms with Crippen molar-refractivity contribution in [1.82, 2.24) is 10.3 Å². The maximum atomic E-state index is 13.0. The number of rotatable bonds is 6. The van der Waals surface area contributed by atoms with Gasteiger partial charge in [-0.1, -0.05) is 29.8 Å². The van der Waals surface area contributed by atoms with Crippen LogP contribution in [0.4, 0.5) is 17.1 Å². The number of para-hydroxylation sites is 1. The number of nitriles is 1. The van der Waals surface area contributed by atoms with Gasteiger partial charge < -0.3 is 16.4 Å². The normalized spacial score (nSPS) is 11.1. The van der Waals surface area contributed by atoms with Crippen LogP contribution in [0.25, 0.3) is 10.9 Å². The molecule has 2 aromatic heterocycles. The Balaban J connectivity index is 1.50. The number of anilines is 2. The quantitative estimate of drug-likeness (QED) is 0.137. The standard InChI is InChI=1S/C23H18ClN7OS/c24-15-9-16(11-17(10-15)31-23(26)29-13-25)30-22(32)21-20(6-8-33-21)28-12-14-5-7-27-19-4-2-1-3-18(14)19/h1-11,28H,12H2,(H,30,32)(H3,26,29,31). The second kappa shape index (κ2) is 9.99. The molecule has 4 aromatic rings. The Bertz CT molecular complexity index is 1390. The zero-order valence-corrected chi connectivity index (χ0v) is 18.7. The summed E-state index contributed by atoms with van der Waals surface area (Å²) in [6.07, 6.45) is 3.47. The summed E-state index contributed by atoms with van der Waals surface area (Å²) >= 11 is 7.48. The number of nitrogens with two attached hydrogens (primary N) is 1. The monoisotopic (exact) mass is 475 g/mol. The predicted octanol–water partition coefficient (Wildman–Crippen LogP) is 4.83. The van der Waals surface area contributed by atoms with Gasteiger partial charge in [0.2, 0.25) is 5.96 Å². The first-order chi connectivity index (χ1) is 16.0. The van der Waals surface area contributed by atoms with Gasteiger partial charge in [0.1, 0.15) is 4.88 Å². The third-order valence-electron chi connectivity index (χ3n) is 4.65. The minimum atomic E-state index is -0.285. The fourth-order valence-corrected chi connectivity index (χ4v) is 4.24.